The molecule has 0 radical (unpaired) electrons. The third kappa shape index (κ3) is 1.53. The summed E-state index contributed by atoms with van der Waals surface area (Å²) in [6.45, 7) is 0. The summed E-state index contributed by atoms with van der Waals surface area (Å²) in [5.74, 6) is 0.977. The van der Waals surface area contributed by atoms with Crippen LogP contribution >= 0.6 is 0 Å². The minimum atomic E-state index is 0.255. The molecule has 0 fully saturated rings. The van der Waals surface area contributed by atoms with Gasteiger partial charge in [-0.3, -0.25) is 4.40 Å². The Morgan fingerprint density at radius 2 is 1.89 bits per heavy atom. The number of hydrogen-bond acceptors (Lipinski definition) is 6. The Hall–Kier alpha value is -2.70. The van der Waals surface area contributed by atoms with Crippen molar-refractivity contribution in [3.05, 3.63) is 31.0 Å². The van der Waals surface area contributed by atoms with Crippen molar-refractivity contribution in [3.8, 4) is 11.3 Å². The number of fused-ring (bicyclic) bond motifs is 1. The fraction of sp³-hybridized carbons (Fsp3) is 0.0909. The van der Waals surface area contributed by atoms with Crippen molar-refractivity contribution in [2.75, 3.05) is 18.1 Å². The van der Waals surface area contributed by atoms with E-state index in [1.165, 1.54) is 0 Å². The summed E-state index contributed by atoms with van der Waals surface area (Å²) >= 11 is 0. The topological polar surface area (TPSA) is 94.0 Å². The van der Waals surface area contributed by atoms with Crippen molar-refractivity contribution in [1.29, 1.82) is 0 Å². The molecule has 7 heteroatoms. The summed E-state index contributed by atoms with van der Waals surface area (Å²) in [5, 5.41) is 3.00. The number of hydrogen-bond donors (Lipinski definition) is 2. The van der Waals surface area contributed by atoms with E-state index < -0.39 is 0 Å². The number of nitrogens with two attached hydrogens (primary N) is 1. The molecule has 3 heterocycles. The fourth-order valence-electron chi connectivity index (χ4n) is 1.78. The van der Waals surface area contributed by atoms with Crippen LogP contribution in [0, 0.1) is 0 Å². The Morgan fingerprint density at radius 1 is 1.11 bits per heavy atom. The largest absolute Gasteiger partial charge is 0.370 e. The average molecular weight is 241 g/mol. The molecular formula is C11H11N7. The normalized spacial score (nSPS) is 10.7. The molecule has 3 aromatic heterocycles. The van der Waals surface area contributed by atoms with Crippen molar-refractivity contribution in [3.63, 3.8) is 0 Å². The Morgan fingerprint density at radius 3 is 2.61 bits per heavy atom. The van der Waals surface area contributed by atoms with Crippen LogP contribution in [0.4, 0.5) is 11.8 Å². The number of nitrogens with zero attached hydrogens (tertiary/aromatic N) is 5. The zero-order valence-electron chi connectivity index (χ0n) is 9.70. The molecule has 0 bridgehead atoms. The molecule has 18 heavy (non-hydrogen) atoms. The highest BCUT2D eigenvalue weighted by molar-refractivity contribution is 5.69. The zero-order valence-corrected chi connectivity index (χ0v) is 9.70. The van der Waals surface area contributed by atoms with Crippen molar-refractivity contribution in [2.24, 2.45) is 0 Å². The monoisotopic (exact) mass is 241 g/mol. The van der Waals surface area contributed by atoms with Crippen LogP contribution in [0.1, 0.15) is 0 Å². The molecule has 0 unspecified atom stereocenters. The molecule has 0 aliphatic rings. The molecule has 3 aromatic rings. The molecular weight excluding hydrogens is 230 g/mol. The van der Waals surface area contributed by atoms with Crippen LogP contribution in [-0.2, 0) is 0 Å². The summed E-state index contributed by atoms with van der Waals surface area (Å²) < 4.78 is 1.92. The molecule has 0 aliphatic carbocycles. The van der Waals surface area contributed by atoms with Gasteiger partial charge in [-0.15, -0.1) is 0 Å². The predicted octanol–water partition coefficient (Wildman–Crippen LogP) is 0.810. The number of aromatic nitrogens is 5. The van der Waals surface area contributed by atoms with Crippen LogP contribution in [0.25, 0.3) is 16.9 Å². The SMILES string of the molecule is CNc1nccn2c(-c3cnc(N)nc3)cnc12. The summed E-state index contributed by atoms with van der Waals surface area (Å²) in [6, 6.07) is 0. The Labute approximate surface area is 103 Å². The van der Waals surface area contributed by atoms with Gasteiger partial charge in [-0.2, -0.15) is 0 Å². The van der Waals surface area contributed by atoms with E-state index in [4.69, 9.17) is 5.73 Å². The van der Waals surface area contributed by atoms with E-state index in [0.29, 0.717) is 0 Å². The first kappa shape index (κ1) is 10.5. The molecule has 0 atom stereocenters. The highest BCUT2D eigenvalue weighted by Gasteiger charge is 2.09. The molecule has 90 valence electrons. The standard InChI is InChI=1S/C11H11N7/c1-13-9-10-15-6-8(18(10)3-2-14-9)7-4-16-11(12)17-5-7/h2-6H,1H3,(H,13,14)(H2,12,16,17). The second-order valence-electron chi connectivity index (χ2n) is 3.69. The summed E-state index contributed by atoms with van der Waals surface area (Å²) in [6.07, 6.45) is 8.65. The summed E-state index contributed by atoms with van der Waals surface area (Å²) in [7, 11) is 1.81. The lowest BCUT2D eigenvalue weighted by Gasteiger charge is -2.03. The van der Waals surface area contributed by atoms with E-state index >= 15 is 0 Å². The summed E-state index contributed by atoms with van der Waals surface area (Å²) in [4.78, 5) is 16.5. The van der Waals surface area contributed by atoms with Crippen LogP contribution < -0.4 is 11.1 Å². The van der Waals surface area contributed by atoms with Crippen molar-refractivity contribution in [2.45, 2.75) is 0 Å². The van der Waals surface area contributed by atoms with E-state index in [9.17, 15) is 0 Å². The Kier molecular flexibility index (Phi) is 2.30. The molecule has 0 aromatic carbocycles. The number of rotatable bonds is 2. The number of nitrogens with one attached hydrogen (secondary N) is 1. The molecule has 0 spiro atoms. The lowest BCUT2D eigenvalue weighted by Crippen LogP contribution is -1.98. The highest BCUT2D eigenvalue weighted by atomic mass is 15.1. The minimum absolute atomic E-state index is 0.255. The molecule has 7 nitrogen and oxygen atoms in total. The van der Waals surface area contributed by atoms with E-state index in [0.717, 1.165) is 22.7 Å². The van der Waals surface area contributed by atoms with Gasteiger partial charge in [0.15, 0.2) is 11.5 Å². The van der Waals surface area contributed by atoms with Gasteiger partial charge in [-0.05, 0) is 0 Å². The van der Waals surface area contributed by atoms with Gasteiger partial charge in [0.2, 0.25) is 5.95 Å². The number of anilines is 2. The number of nitrogen functional groups attached to an aromatic ring is 1. The van der Waals surface area contributed by atoms with Crippen LogP contribution in [0.5, 0.6) is 0 Å². The lowest BCUT2D eigenvalue weighted by atomic mass is 10.2. The van der Waals surface area contributed by atoms with Gasteiger partial charge in [0.05, 0.1) is 11.9 Å². The van der Waals surface area contributed by atoms with Gasteiger partial charge in [0, 0.05) is 37.4 Å². The molecule has 0 saturated carbocycles. The van der Waals surface area contributed by atoms with Gasteiger partial charge >= 0.3 is 0 Å². The van der Waals surface area contributed by atoms with Crippen molar-refractivity contribution >= 4 is 17.4 Å². The smallest absolute Gasteiger partial charge is 0.219 e. The van der Waals surface area contributed by atoms with E-state index in [-0.39, 0.29) is 5.95 Å². The molecule has 0 aliphatic heterocycles. The average Bonchev–Trinajstić information content (AvgIpc) is 2.83. The first-order chi connectivity index (χ1) is 8.79. The van der Waals surface area contributed by atoms with Gasteiger partial charge < -0.3 is 11.1 Å². The van der Waals surface area contributed by atoms with E-state index in [1.807, 2.05) is 17.6 Å². The number of imidazole rings is 1. The zero-order chi connectivity index (χ0) is 12.5. The minimum Gasteiger partial charge on any atom is -0.370 e. The Balaban J connectivity index is 2.21. The first-order valence-corrected chi connectivity index (χ1v) is 5.37. The van der Waals surface area contributed by atoms with Crippen LogP contribution in [-0.4, -0.2) is 31.4 Å². The lowest BCUT2D eigenvalue weighted by molar-refractivity contribution is 1.11. The second kappa shape index (κ2) is 3.95. The third-order valence-corrected chi connectivity index (χ3v) is 2.63. The maximum atomic E-state index is 5.47. The van der Waals surface area contributed by atoms with E-state index in [1.54, 1.807) is 24.8 Å². The molecule has 3 N–H and O–H groups in total. The maximum absolute atomic E-state index is 5.47. The third-order valence-electron chi connectivity index (χ3n) is 2.63. The second-order valence-corrected chi connectivity index (χ2v) is 3.69. The van der Waals surface area contributed by atoms with Gasteiger partial charge in [-0.1, -0.05) is 0 Å². The predicted molar refractivity (Wildman–Crippen MR) is 68.0 cm³/mol. The molecule has 3 rings (SSSR count). The quantitative estimate of drug-likeness (QED) is 0.689. The highest BCUT2D eigenvalue weighted by Crippen LogP contribution is 2.21. The van der Waals surface area contributed by atoms with Crippen molar-refractivity contribution in [1.82, 2.24) is 24.3 Å². The molecule has 0 saturated heterocycles. The fourth-order valence-corrected chi connectivity index (χ4v) is 1.78. The van der Waals surface area contributed by atoms with Gasteiger partial charge in [-0.25, -0.2) is 19.9 Å². The Bertz CT molecular complexity index is 686. The van der Waals surface area contributed by atoms with Crippen LogP contribution in [0.15, 0.2) is 31.0 Å². The first-order valence-electron chi connectivity index (χ1n) is 5.37. The molecule has 0 amide bonds. The van der Waals surface area contributed by atoms with Crippen LogP contribution in [0.2, 0.25) is 0 Å². The van der Waals surface area contributed by atoms with Crippen LogP contribution in [0.3, 0.4) is 0 Å². The summed E-state index contributed by atoms with van der Waals surface area (Å²) in [5.41, 5.74) is 7.97. The van der Waals surface area contributed by atoms with Crippen molar-refractivity contribution < 1.29 is 0 Å². The van der Waals surface area contributed by atoms with E-state index in [2.05, 4.69) is 25.3 Å². The van der Waals surface area contributed by atoms with Gasteiger partial charge in [0.1, 0.15) is 0 Å². The van der Waals surface area contributed by atoms with Gasteiger partial charge in [0.25, 0.3) is 0 Å². The maximum Gasteiger partial charge on any atom is 0.219 e.